The molecule has 0 radical (unpaired) electrons. The first-order valence-electron chi connectivity index (χ1n) is 6.49. The van der Waals surface area contributed by atoms with E-state index in [2.05, 4.69) is 10.3 Å². The van der Waals surface area contributed by atoms with Crippen LogP contribution in [0, 0.1) is 6.92 Å². The number of sulfone groups is 1. The summed E-state index contributed by atoms with van der Waals surface area (Å²) in [6.45, 7) is 2.43. The van der Waals surface area contributed by atoms with Gasteiger partial charge in [-0.05, 0) is 31.2 Å². The summed E-state index contributed by atoms with van der Waals surface area (Å²) in [4.78, 5) is 16.7. The molecule has 6 nitrogen and oxygen atoms in total. The molecule has 0 saturated carbocycles. The number of thiazole rings is 1. The van der Waals surface area contributed by atoms with Crippen LogP contribution in [-0.2, 0) is 9.84 Å². The molecule has 1 aromatic carbocycles. The van der Waals surface area contributed by atoms with Crippen molar-refractivity contribution in [3.63, 3.8) is 0 Å². The molecule has 0 unspecified atom stereocenters. The van der Waals surface area contributed by atoms with E-state index in [-0.39, 0.29) is 10.8 Å². The summed E-state index contributed by atoms with van der Waals surface area (Å²) in [5, 5.41) is 2.74. The van der Waals surface area contributed by atoms with Crippen molar-refractivity contribution in [1.29, 1.82) is 0 Å². The highest BCUT2D eigenvalue weighted by atomic mass is 32.2. The van der Waals surface area contributed by atoms with Crippen molar-refractivity contribution in [3.05, 3.63) is 40.3 Å². The van der Waals surface area contributed by atoms with Crippen LogP contribution >= 0.6 is 11.3 Å². The number of nitrogens with zero attached hydrogens (tertiary/aromatic N) is 1. The van der Waals surface area contributed by atoms with Crippen molar-refractivity contribution in [2.45, 2.75) is 11.8 Å². The Balaban J connectivity index is 1.80. The van der Waals surface area contributed by atoms with Crippen LogP contribution in [-0.4, -0.2) is 38.7 Å². The van der Waals surface area contributed by atoms with Crippen LogP contribution in [0.3, 0.4) is 0 Å². The lowest BCUT2D eigenvalue weighted by molar-refractivity contribution is 0.0950. The molecule has 0 aliphatic heterocycles. The second kappa shape index (κ2) is 6.89. The van der Waals surface area contributed by atoms with Gasteiger partial charge >= 0.3 is 0 Å². The number of nitrogens with one attached hydrogen (secondary N) is 1. The second-order valence-corrected chi connectivity index (χ2v) is 7.49. The number of aromatic nitrogens is 1. The highest BCUT2D eigenvalue weighted by molar-refractivity contribution is 7.90. The summed E-state index contributed by atoms with van der Waals surface area (Å²) in [5.74, 6) is 0.381. The van der Waals surface area contributed by atoms with E-state index in [1.807, 2.05) is 0 Å². The monoisotopic (exact) mass is 340 g/mol. The Kier molecular flexibility index (Phi) is 5.15. The fraction of sp³-hybridized carbons (Fsp3) is 0.286. The molecule has 118 valence electrons. The van der Waals surface area contributed by atoms with Gasteiger partial charge in [0.05, 0.1) is 22.6 Å². The zero-order valence-electron chi connectivity index (χ0n) is 12.2. The van der Waals surface area contributed by atoms with Gasteiger partial charge in [-0.1, -0.05) is 0 Å². The van der Waals surface area contributed by atoms with Crippen molar-refractivity contribution in [2.75, 3.05) is 19.4 Å². The topological polar surface area (TPSA) is 85.4 Å². The zero-order chi connectivity index (χ0) is 16.2. The largest absolute Gasteiger partial charge is 0.492 e. The van der Waals surface area contributed by atoms with E-state index in [9.17, 15) is 13.2 Å². The van der Waals surface area contributed by atoms with Gasteiger partial charge in [0.25, 0.3) is 5.91 Å². The molecule has 0 aliphatic carbocycles. The predicted octanol–water partition coefficient (Wildman–Crippen LogP) is 1.66. The SMILES string of the molecule is Cc1ncsc1C(=O)NCCOc1ccc(S(C)(=O)=O)cc1. The number of carbonyl (C=O) groups is 1. The lowest BCUT2D eigenvalue weighted by atomic mass is 10.3. The van der Waals surface area contributed by atoms with Crippen LogP contribution in [0.25, 0.3) is 0 Å². The Morgan fingerprint density at radius 1 is 1.32 bits per heavy atom. The quantitative estimate of drug-likeness (QED) is 0.809. The maximum atomic E-state index is 11.8. The second-order valence-electron chi connectivity index (χ2n) is 4.61. The van der Waals surface area contributed by atoms with Gasteiger partial charge < -0.3 is 10.1 Å². The lowest BCUT2D eigenvalue weighted by Gasteiger charge is -2.08. The minimum Gasteiger partial charge on any atom is -0.492 e. The first kappa shape index (κ1) is 16.4. The van der Waals surface area contributed by atoms with E-state index in [1.165, 1.54) is 23.5 Å². The Morgan fingerprint density at radius 2 is 2.00 bits per heavy atom. The number of hydrogen-bond acceptors (Lipinski definition) is 6. The van der Waals surface area contributed by atoms with Crippen LogP contribution in [0.1, 0.15) is 15.4 Å². The van der Waals surface area contributed by atoms with Crippen LogP contribution in [0.5, 0.6) is 5.75 Å². The standard InChI is InChI=1S/C14H16N2O4S2/c1-10-13(21-9-16-10)14(17)15-7-8-20-11-3-5-12(6-4-11)22(2,18)19/h3-6,9H,7-8H2,1-2H3,(H,15,17). The highest BCUT2D eigenvalue weighted by Crippen LogP contribution is 2.15. The number of ether oxygens (including phenoxy) is 1. The average molecular weight is 340 g/mol. The van der Waals surface area contributed by atoms with E-state index in [0.717, 1.165) is 6.26 Å². The maximum absolute atomic E-state index is 11.8. The summed E-state index contributed by atoms with van der Waals surface area (Å²) in [7, 11) is -3.20. The molecule has 1 aromatic heterocycles. The summed E-state index contributed by atoms with van der Waals surface area (Å²) in [5.41, 5.74) is 2.34. The summed E-state index contributed by atoms with van der Waals surface area (Å²) < 4.78 is 28.1. The first-order valence-corrected chi connectivity index (χ1v) is 9.26. The molecule has 0 aliphatic rings. The van der Waals surface area contributed by atoms with Gasteiger partial charge in [-0.25, -0.2) is 13.4 Å². The molecule has 22 heavy (non-hydrogen) atoms. The fourth-order valence-electron chi connectivity index (χ4n) is 1.72. The molecule has 0 bridgehead atoms. The zero-order valence-corrected chi connectivity index (χ0v) is 13.8. The van der Waals surface area contributed by atoms with Gasteiger partial charge in [-0.3, -0.25) is 4.79 Å². The number of amides is 1. The number of carbonyl (C=O) groups excluding carboxylic acids is 1. The Bertz CT molecular complexity index is 751. The first-order chi connectivity index (χ1) is 10.4. The Hall–Kier alpha value is -1.93. The molecule has 1 heterocycles. The molecular formula is C14H16N2O4S2. The molecule has 1 amide bonds. The number of hydrogen-bond donors (Lipinski definition) is 1. The van der Waals surface area contributed by atoms with Crippen molar-refractivity contribution in [3.8, 4) is 5.75 Å². The van der Waals surface area contributed by atoms with Crippen molar-refractivity contribution in [1.82, 2.24) is 10.3 Å². The van der Waals surface area contributed by atoms with E-state index in [4.69, 9.17) is 4.74 Å². The van der Waals surface area contributed by atoms with Crippen molar-refractivity contribution in [2.24, 2.45) is 0 Å². The molecule has 2 rings (SSSR count). The normalized spacial score (nSPS) is 11.2. The van der Waals surface area contributed by atoms with Gasteiger partial charge in [0.15, 0.2) is 9.84 Å². The molecule has 2 aromatic rings. The third-order valence-corrected chi connectivity index (χ3v) is 4.92. The van der Waals surface area contributed by atoms with Gasteiger partial charge in [0.1, 0.15) is 17.2 Å². The van der Waals surface area contributed by atoms with E-state index in [0.29, 0.717) is 29.5 Å². The predicted molar refractivity (Wildman–Crippen MR) is 84.2 cm³/mol. The van der Waals surface area contributed by atoms with E-state index in [1.54, 1.807) is 24.6 Å². The molecule has 0 fully saturated rings. The lowest BCUT2D eigenvalue weighted by Crippen LogP contribution is -2.27. The van der Waals surface area contributed by atoms with Crippen LogP contribution < -0.4 is 10.1 Å². The van der Waals surface area contributed by atoms with Crippen molar-refractivity contribution < 1.29 is 17.9 Å². The van der Waals surface area contributed by atoms with Crippen molar-refractivity contribution >= 4 is 27.1 Å². The average Bonchev–Trinajstić information content (AvgIpc) is 2.89. The summed E-state index contributed by atoms with van der Waals surface area (Å²) in [6, 6.07) is 6.16. The Labute approximate surface area is 133 Å². The summed E-state index contributed by atoms with van der Waals surface area (Å²) in [6.07, 6.45) is 1.15. The third-order valence-electron chi connectivity index (χ3n) is 2.86. The number of benzene rings is 1. The highest BCUT2D eigenvalue weighted by Gasteiger charge is 2.10. The minimum atomic E-state index is -3.20. The van der Waals surface area contributed by atoms with Crippen LogP contribution in [0.2, 0.25) is 0 Å². The van der Waals surface area contributed by atoms with Crippen LogP contribution in [0.4, 0.5) is 0 Å². The molecule has 8 heteroatoms. The van der Waals surface area contributed by atoms with Gasteiger partial charge in [-0.2, -0.15) is 0 Å². The Morgan fingerprint density at radius 3 is 2.55 bits per heavy atom. The fourth-order valence-corrected chi connectivity index (χ4v) is 3.07. The smallest absolute Gasteiger partial charge is 0.263 e. The molecule has 0 saturated heterocycles. The molecule has 0 spiro atoms. The van der Waals surface area contributed by atoms with Gasteiger partial charge in [-0.15, -0.1) is 11.3 Å². The number of aryl methyl sites for hydroxylation is 1. The van der Waals surface area contributed by atoms with Crippen LogP contribution in [0.15, 0.2) is 34.7 Å². The van der Waals surface area contributed by atoms with Gasteiger partial charge in [0, 0.05) is 6.26 Å². The number of rotatable bonds is 6. The van der Waals surface area contributed by atoms with E-state index < -0.39 is 9.84 Å². The third kappa shape index (κ3) is 4.28. The molecule has 0 atom stereocenters. The van der Waals surface area contributed by atoms with E-state index >= 15 is 0 Å². The minimum absolute atomic E-state index is 0.170. The molecule has 1 N–H and O–H groups in total. The maximum Gasteiger partial charge on any atom is 0.263 e. The molecular weight excluding hydrogens is 324 g/mol. The van der Waals surface area contributed by atoms with Gasteiger partial charge in [0.2, 0.25) is 0 Å². The summed E-state index contributed by atoms with van der Waals surface area (Å²) >= 11 is 1.30.